The van der Waals surface area contributed by atoms with Gasteiger partial charge in [0.05, 0.1) is 7.11 Å². The lowest BCUT2D eigenvalue weighted by atomic mass is 10.1. The smallest absolute Gasteiger partial charge is 0.205 e. The minimum absolute atomic E-state index is 0.222. The Morgan fingerprint density at radius 2 is 2.30 bits per heavy atom. The number of methoxy groups -OCH3 is 1. The van der Waals surface area contributed by atoms with Gasteiger partial charge in [0, 0.05) is 24.1 Å². The third-order valence-corrected chi connectivity index (χ3v) is 4.03. The molecule has 20 heavy (non-hydrogen) atoms. The van der Waals surface area contributed by atoms with E-state index in [4.69, 9.17) is 9.47 Å². The Morgan fingerprint density at radius 3 is 3.00 bits per heavy atom. The van der Waals surface area contributed by atoms with Gasteiger partial charge in [0.15, 0.2) is 0 Å². The second-order valence-electron chi connectivity index (χ2n) is 4.89. The number of rotatable bonds is 4. The molecule has 0 amide bonds. The van der Waals surface area contributed by atoms with Crippen molar-refractivity contribution in [3.05, 3.63) is 28.3 Å². The Labute approximate surface area is 121 Å². The molecular weight excluding hydrogens is 274 g/mol. The molecule has 5 nitrogen and oxygen atoms in total. The van der Waals surface area contributed by atoms with Crippen LogP contribution in [0, 0.1) is 6.92 Å². The summed E-state index contributed by atoms with van der Waals surface area (Å²) in [6.45, 7) is 4.68. The van der Waals surface area contributed by atoms with Crippen LogP contribution in [0.15, 0.2) is 12.1 Å². The summed E-state index contributed by atoms with van der Waals surface area (Å²) in [7, 11) is 1.69. The fourth-order valence-corrected chi connectivity index (χ4v) is 2.95. The van der Waals surface area contributed by atoms with Crippen LogP contribution in [0.25, 0.3) is 0 Å². The summed E-state index contributed by atoms with van der Waals surface area (Å²) in [4.78, 5) is 0. The third-order valence-electron chi connectivity index (χ3n) is 3.23. The van der Waals surface area contributed by atoms with Crippen molar-refractivity contribution in [3.63, 3.8) is 0 Å². The zero-order valence-corrected chi connectivity index (χ0v) is 12.6. The van der Waals surface area contributed by atoms with Crippen molar-refractivity contribution in [3.8, 4) is 11.5 Å². The maximum atomic E-state index is 5.90. The van der Waals surface area contributed by atoms with E-state index in [9.17, 15) is 0 Å². The second-order valence-corrected chi connectivity index (χ2v) is 6.07. The molecule has 2 heterocycles. The van der Waals surface area contributed by atoms with Crippen LogP contribution in [0.3, 0.4) is 0 Å². The molecule has 1 aromatic heterocycles. The lowest BCUT2D eigenvalue weighted by Crippen LogP contribution is -2.07. The first kappa shape index (κ1) is 13.2. The van der Waals surface area contributed by atoms with E-state index < -0.39 is 0 Å². The highest BCUT2D eigenvalue weighted by Crippen LogP contribution is 2.36. The number of benzene rings is 1. The van der Waals surface area contributed by atoms with Crippen molar-refractivity contribution in [2.75, 3.05) is 12.4 Å². The number of hydrogen-bond donors (Lipinski definition) is 1. The van der Waals surface area contributed by atoms with Crippen molar-refractivity contribution in [2.45, 2.75) is 32.9 Å². The molecule has 1 unspecified atom stereocenters. The molecule has 0 fully saturated rings. The van der Waals surface area contributed by atoms with Gasteiger partial charge in [-0.2, -0.15) is 0 Å². The van der Waals surface area contributed by atoms with Crippen molar-refractivity contribution < 1.29 is 9.47 Å². The van der Waals surface area contributed by atoms with Crippen LogP contribution >= 0.6 is 11.3 Å². The van der Waals surface area contributed by atoms with E-state index in [0.717, 1.165) is 33.6 Å². The number of aromatic nitrogens is 2. The average Bonchev–Trinajstić information content (AvgIpc) is 3.00. The fraction of sp³-hybridized carbons (Fsp3) is 0.429. The summed E-state index contributed by atoms with van der Waals surface area (Å²) in [5.74, 6) is 1.85. The SMILES string of the molecule is COc1cc(CNc2nnc(C)s2)c2c(c1)CC(C)O2. The Kier molecular flexibility index (Phi) is 3.48. The highest BCUT2D eigenvalue weighted by Gasteiger charge is 2.23. The van der Waals surface area contributed by atoms with E-state index in [2.05, 4.69) is 28.5 Å². The molecule has 3 rings (SSSR count). The lowest BCUT2D eigenvalue weighted by Gasteiger charge is -2.11. The third kappa shape index (κ3) is 2.56. The van der Waals surface area contributed by atoms with Gasteiger partial charge in [0.2, 0.25) is 5.13 Å². The Balaban J connectivity index is 1.83. The molecule has 0 saturated carbocycles. The quantitative estimate of drug-likeness (QED) is 0.938. The van der Waals surface area contributed by atoms with Crippen molar-refractivity contribution >= 4 is 16.5 Å². The van der Waals surface area contributed by atoms with E-state index in [0.29, 0.717) is 6.54 Å². The van der Waals surface area contributed by atoms with E-state index >= 15 is 0 Å². The molecule has 6 heteroatoms. The second kappa shape index (κ2) is 5.28. The molecule has 0 spiro atoms. The van der Waals surface area contributed by atoms with Crippen LogP contribution in [0.2, 0.25) is 0 Å². The molecule has 0 aliphatic carbocycles. The van der Waals surface area contributed by atoms with E-state index in [1.807, 2.05) is 13.0 Å². The normalized spacial score (nSPS) is 16.6. The summed E-state index contributed by atoms with van der Waals surface area (Å²) in [5.41, 5.74) is 2.30. The van der Waals surface area contributed by atoms with Crippen molar-refractivity contribution in [1.29, 1.82) is 0 Å². The molecule has 2 aromatic rings. The number of fused-ring (bicyclic) bond motifs is 1. The van der Waals surface area contributed by atoms with E-state index in [1.165, 1.54) is 5.56 Å². The Bertz CT molecular complexity index is 627. The largest absolute Gasteiger partial charge is 0.497 e. The topological polar surface area (TPSA) is 56.3 Å². The summed E-state index contributed by atoms with van der Waals surface area (Å²) in [6.07, 6.45) is 1.15. The Hall–Kier alpha value is -1.82. The first-order chi connectivity index (χ1) is 9.65. The molecule has 1 aromatic carbocycles. The lowest BCUT2D eigenvalue weighted by molar-refractivity contribution is 0.252. The van der Waals surface area contributed by atoms with Crippen LogP contribution in [0.4, 0.5) is 5.13 Å². The van der Waals surface area contributed by atoms with Gasteiger partial charge in [-0.25, -0.2) is 0 Å². The van der Waals surface area contributed by atoms with Crippen LogP contribution in [-0.4, -0.2) is 23.4 Å². The fourth-order valence-electron chi connectivity index (χ4n) is 2.37. The van der Waals surface area contributed by atoms with Crippen molar-refractivity contribution in [1.82, 2.24) is 10.2 Å². The summed E-state index contributed by atoms with van der Waals surface area (Å²) in [5, 5.41) is 13.1. The number of hydrogen-bond acceptors (Lipinski definition) is 6. The number of nitrogens with one attached hydrogen (secondary N) is 1. The summed E-state index contributed by atoms with van der Waals surface area (Å²) >= 11 is 1.55. The first-order valence-electron chi connectivity index (χ1n) is 6.56. The average molecular weight is 291 g/mol. The zero-order valence-electron chi connectivity index (χ0n) is 11.8. The molecule has 1 atom stereocenters. The standard InChI is InChI=1S/C14H17N3O2S/c1-8-4-10-5-12(18-3)6-11(13(10)19-8)7-15-14-17-16-9(2)20-14/h5-6,8H,4,7H2,1-3H3,(H,15,17). The van der Waals surface area contributed by atoms with E-state index in [1.54, 1.807) is 18.4 Å². The van der Waals surface area contributed by atoms with Gasteiger partial charge in [-0.15, -0.1) is 10.2 Å². The Morgan fingerprint density at radius 1 is 1.45 bits per heavy atom. The van der Waals surface area contributed by atoms with Gasteiger partial charge < -0.3 is 14.8 Å². The van der Waals surface area contributed by atoms with Crippen molar-refractivity contribution in [2.24, 2.45) is 0 Å². The minimum Gasteiger partial charge on any atom is -0.497 e. The first-order valence-corrected chi connectivity index (χ1v) is 7.38. The maximum absolute atomic E-state index is 5.90. The van der Waals surface area contributed by atoms with Crippen LogP contribution in [-0.2, 0) is 13.0 Å². The number of ether oxygens (including phenoxy) is 2. The summed E-state index contributed by atoms with van der Waals surface area (Å²) < 4.78 is 11.3. The number of nitrogens with zero attached hydrogens (tertiary/aromatic N) is 2. The van der Waals surface area contributed by atoms with Gasteiger partial charge in [-0.05, 0) is 26.0 Å². The monoisotopic (exact) mass is 291 g/mol. The molecule has 1 aliphatic rings. The van der Waals surface area contributed by atoms with Gasteiger partial charge in [-0.1, -0.05) is 11.3 Å². The molecule has 106 valence electrons. The highest BCUT2D eigenvalue weighted by molar-refractivity contribution is 7.15. The molecular formula is C14H17N3O2S. The van der Waals surface area contributed by atoms with Gasteiger partial charge in [0.1, 0.15) is 22.6 Å². The molecule has 1 aliphatic heterocycles. The van der Waals surface area contributed by atoms with Crippen LogP contribution < -0.4 is 14.8 Å². The van der Waals surface area contributed by atoms with Gasteiger partial charge >= 0.3 is 0 Å². The van der Waals surface area contributed by atoms with E-state index in [-0.39, 0.29) is 6.10 Å². The maximum Gasteiger partial charge on any atom is 0.205 e. The molecule has 0 radical (unpaired) electrons. The molecule has 0 bridgehead atoms. The predicted octanol–water partition coefficient (Wildman–Crippen LogP) is 2.79. The van der Waals surface area contributed by atoms with Gasteiger partial charge in [-0.3, -0.25) is 0 Å². The summed E-state index contributed by atoms with van der Waals surface area (Å²) in [6, 6.07) is 4.06. The van der Waals surface area contributed by atoms with Crippen LogP contribution in [0.1, 0.15) is 23.1 Å². The highest BCUT2D eigenvalue weighted by atomic mass is 32.1. The molecule has 0 saturated heterocycles. The van der Waals surface area contributed by atoms with Crippen LogP contribution in [0.5, 0.6) is 11.5 Å². The number of aryl methyl sites for hydroxylation is 1. The predicted molar refractivity (Wildman–Crippen MR) is 78.8 cm³/mol. The number of anilines is 1. The minimum atomic E-state index is 0.222. The van der Waals surface area contributed by atoms with Gasteiger partial charge in [0.25, 0.3) is 0 Å². The molecule has 1 N–H and O–H groups in total. The zero-order chi connectivity index (χ0) is 14.1.